The Morgan fingerprint density at radius 2 is 2.00 bits per heavy atom. The first kappa shape index (κ1) is 12.0. The molecule has 2 N–H and O–H groups in total. The normalized spacial score (nSPS) is 9.88. The van der Waals surface area contributed by atoms with Crippen LogP contribution >= 0.6 is 0 Å². The maximum atomic E-state index is 13.0. The van der Waals surface area contributed by atoms with Crippen molar-refractivity contribution in [3.63, 3.8) is 0 Å². The number of ketones is 1. The lowest BCUT2D eigenvalue weighted by molar-refractivity contribution is -0.137. The maximum absolute atomic E-state index is 13.0. The van der Waals surface area contributed by atoms with Crippen LogP contribution in [0.15, 0.2) is 12.1 Å². The van der Waals surface area contributed by atoms with Crippen LogP contribution < -0.4 is 0 Å². The molecule has 0 spiro atoms. The summed E-state index contributed by atoms with van der Waals surface area (Å²) in [6.45, 7) is 1.49. The van der Waals surface area contributed by atoms with E-state index < -0.39 is 34.6 Å². The van der Waals surface area contributed by atoms with Crippen LogP contribution in [0.5, 0.6) is 11.5 Å². The summed E-state index contributed by atoms with van der Waals surface area (Å²) in [6.07, 6.45) is 0. The fraction of sp³-hybridized carbons (Fsp3) is 0.200. The number of benzene rings is 1. The first-order valence-corrected chi connectivity index (χ1v) is 4.41. The van der Waals surface area contributed by atoms with E-state index in [-0.39, 0.29) is 6.61 Å². The van der Waals surface area contributed by atoms with Crippen molar-refractivity contribution >= 4 is 11.8 Å². The van der Waals surface area contributed by atoms with Crippen molar-refractivity contribution in [1.82, 2.24) is 0 Å². The quantitative estimate of drug-likeness (QED) is 0.457. The second-order valence-electron chi connectivity index (χ2n) is 2.84. The Morgan fingerprint density at radius 3 is 2.56 bits per heavy atom. The number of hydrogen-bond donors (Lipinski definition) is 2. The molecule has 86 valence electrons. The minimum atomic E-state index is -1.35. The van der Waals surface area contributed by atoms with E-state index in [0.717, 1.165) is 12.1 Å². The predicted octanol–water partition coefficient (Wildman–Crippen LogP) is 0.983. The number of phenols is 2. The highest BCUT2D eigenvalue weighted by Crippen LogP contribution is 2.28. The molecule has 0 atom stereocenters. The van der Waals surface area contributed by atoms with Crippen LogP contribution in [0.4, 0.5) is 4.39 Å². The maximum Gasteiger partial charge on any atom is 0.379 e. The molecule has 1 aromatic carbocycles. The van der Waals surface area contributed by atoms with Gasteiger partial charge in [-0.3, -0.25) is 4.79 Å². The van der Waals surface area contributed by atoms with Crippen LogP contribution in [-0.4, -0.2) is 28.6 Å². The molecule has 0 bridgehead atoms. The van der Waals surface area contributed by atoms with Gasteiger partial charge in [0.1, 0.15) is 0 Å². The molecule has 1 rings (SSSR count). The van der Waals surface area contributed by atoms with E-state index in [9.17, 15) is 19.1 Å². The summed E-state index contributed by atoms with van der Waals surface area (Å²) in [7, 11) is 0. The molecular formula is C10H9FO5. The highest BCUT2D eigenvalue weighted by molar-refractivity contribution is 6.41. The highest BCUT2D eigenvalue weighted by atomic mass is 19.1. The Bertz CT molecular complexity index is 441. The summed E-state index contributed by atoms with van der Waals surface area (Å²) < 4.78 is 17.4. The van der Waals surface area contributed by atoms with Crippen LogP contribution in [0, 0.1) is 5.82 Å². The average Bonchev–Trinajstić information content (AvgIpc) is 2.26. The summed E-state index contributed by atoms with van der Waals surface area (Å²) >= 11 is 0. The molecule has 0 aliphatic heterocycles. The Labute approximate surface area is 90.1 Å². The van der Waals surface area contributed by atoms with Crippen molar-refractivity contribution in [1.29, 1.82) is 0 Å². The van der Waals surface area contributed by atoms with E-state index in [1.54, 1.807) is 0 Å². The van der Waals surface area contributed by atoms with E-state index in [0.29, 0.717) is 0 Å². The summed E-state index contributed by atoms with van der Waals surface area (Å²) in [5, 5.41) is 18.1. The fourth-order valence-electron chi connectivity index (χ4n) is 1.04. The first-order valence-electron chi connectivity index (χ1n) is 4.41. The number of carbonyl (C=O) groups excluding carboxylic acids is 2. The fourth-order valence-corrected chi connectivity index (χ4v) is 1.04. The van der Waals surface area contributed by atoms with E-state index >= 15 is 0 Å². The van der Waals surface area contributed by atoms with E-state index in [1.807, 2.05) is 0 Å². The van der Waals surface area contributed by atoms with Gasteiger partial charge in [0.15, 0.2) is 11.5 Å². The smallest absolute Gasteiger partial charge is 0.379 e. The number of rotatable bonds is 3. The molecule has 0 fully saturated rings. The largest absolute Gasteiger partial charge is 0.505 e. The van der Waals surface area contributed by atoms with Crippen molar-refractivity contribution in [3.05, 3.63) is 23.5 Å². The Kier molecular flexibility index (Phi) is 3.44. The lowest BCUT2D eigenvalue weighted by Crippen LogP contribution is -2.17. The Hall–Kier alpha value is -2.11. The Balaban J connectivity index is 3.10. The average molecular weight is 228 g/mol. The van der Waals surface area contributed by atoms with Gasteiger partial charge in [0.25, 0.3) is 5.78 Å². The third kappa shape index (κ3) is 2.10. The lowest BCUT2D eigenvalue weighted by Gasteiger charge is -2.05. The number of carbonyl (C=O) groups is 2. The highest BCUT2D eigenvalue weighted by Gasteiger charge is 2.24. The third-order valence-electron chi connectivity index (χ3n) is 1.80. The van der Waals surface area contributed by atoms with E-state index in [1.165, 1.54) is 6.92 Å². The summed E-state index contributed by atoms with van der Waals surface area (Å²) in [4.78, 5) is 22.4. The number of Topliss-reactive ketones (excluding diaryl/α,β-unsaturated/α-hetero) is 1. The monoisotopic (exact) mass is 228 g/mol. The van der Waals surface area contributed by atoms with Gasteiger partial charge < -0.3 is 14.9 Å². The molecule has 0 saturated carbocycles. The van der Waals surface area contributed by atoms with Crippen molar-refractivity contribution in [2.45, 2.75) is 6.92 Å². The zero-order valence-corrected chi connectivity index (χ0v) is 8.36. The van der Waals surface area contributed by atoms with Gasteiger partial charge in [0.05, 0.1) is 12.2 Å². The van der Waals surface area contributed by atoms with Crippen molar-refractivity contribution in [2.24, 2.45) is 0 Å². The number of phenolic OH excluding ortho intramolecular Hbond substituents is 2. The molecule has 1 aromatic rings. The summed E-state index contributed by atoms with van der Waals surface area (Å²) in [5.74, 6) is -5.59. The molecule has 0 radical (unpaired) electrons. The Morgan fingerprint density at radius 1 is 1.38 bits per heavy atom. The predicted molar refractivity (Wildman–Crippen MR) is 50.7 cm³/mol. The molecule has 5 nitrogen and oxygen atoms in total. The number of esters is 1. The zero-order chi connectivity index (χ0) is 12.3. The molecule has 0 amide bonds. The molecule has 0 heterocycles. The van der Waals surface area contributed by atoms with Gasteiger partial charge in [-0.1, -0.05) is 0 Å². The van der Waals surface area contributed by atoms with Gasteiger partial charge in [-0.2, -0.15) is 4.39 Å². The van der Waals surface area contributed by atoms with Crippen molar-refractivity contribution < 1.29 is 28.9 Å². The SMILES string of the molecule is CCOC(=O)C(=O)c1ccc(O)c(F)c1O. The van der Waals surface area contributed by atoms with Crippen LogP contribution in [0.25, 0.3) is 0 Å². The van der Waals surface area contributed by atoms with Crippen LogP contribution in [0.3, 0.4) is 0 Å². The molecular weight excluding hydrogens is 219 g/mol. The first-order chi connectivity index (χ1) is 7.49. The minimum Gasteiger partial charge on any atom is -0.505 e. The van der Waals surface area contributed by atoms with Gasteiger partial charge in [-0.05, 0) is 19.1 Å². The molecule has 6 heteroatoms. The molecule has 0 saturated heterocycles. The van der Waals surface area contributed by atoms with Crippen LogP contribution in [-0.2, 0) is 9.53 Å². The second-order valence-corrected chi connectivity index (χ2v) is 2.84. The molecule has 0 aliphatic rings. The summed E-state index contributed by atoms with van der Waals surface area (Å²) in [5.41, 5.74) is -0.547. The van der Waals surface area contributed by atoms with Crippen molar-refractivity contribution in [3.8, 4) is 11.5 Å². The zero-order valence-electron chi connectivity index (χ0n) is 8.36. The number of ether oxygens (including phenoxy) is 1. The standard InChI is InChI=1S/C10H9FO5/c1-2-16-10(15)9(14)5-3-4-6(12)7(11)8(5)13/h3-4,12-13H,2H2,1H3. The van der Waals surface area contributed by atoms with Crippen LogP contribution in [0.1, 0.15) is 17.3 Å². The molecule has 0 aromatic heterocycles. The van der Waals surface area contributed by atoms with Gasteiger partial charge >= 0.3 is 5.97 Å². The van der Waals surface area contributed by atoms with Gasteiger partial charge in [0, 0.05) is 0 Å². The number of hydrogen-bond acceptors (Lipinski definition) is 5. The number of aromatic hydroxyl groups is 2. The van der Waals surface area contributed by atoms with Crippen molar-refractivity contribution in [2.75, 3.05) is 6.61 Å². The van der Waals surface area contributed by atoms with Gasteiger partial charge in [-0.15, -0.1) is 0 Å². The molecule has 0 unspecified atom stereocenters. The van der Waals surface area contributed by atoms with Crippen LogP contribution in [0.2, 0.25) is 0 Å². The van der Waals surface area contributed by atoms with E-state index in [2.05, 4.69) is 4.74 Å². The number of halogens is 1. The third-order valence-corrected chi connectivity index (χ3v) is 1.80. The lowest BCUT2D eigenvalue weighted by atomic mass is 10.1. The molecule has 0 aliphatic carbocycles. The van der Waals surface area contributed by atoms with Gasteiger partial charge in [0.2, 0.25) is 5.82 Å². The van der Waals surface area contributed by atoms with Gasteiger partial charge in [-0.25, -0.2) is 4.79 Å². The second kappa shape index (κ2) is 4.61. The topological polar surface area (TPSA) is 83.8 Å². The molecule has 16 heavy (non-hydrogen) atoms. The summed E-state index contributed by atoms with van der Waals surface area (Å²) in [6, 6.07) is 1.80. The van der Waals surface area contributed by atoms with E-state index in [4.69, 9.17) is 5.11 Å². The minimum absolute atomic E-state index is 0.00803.